The molecule has 0 atom stereocenters. The highest BCUT2D eigenvalue weighted by atomic mass is 35.5. The molecule has 0 fully saturated rings. The van der Waals surface area contributed by atoms with Crippen molar-refractivity contribution in [1.29, 1.82) is 0 Å². The van der Waals surface area contributed by atoms with Crippen molar-refractivity contribution in [2.45, 2.75) is 19.8 Å². The van der Waals surface area contributed by atoms with E-state index in [4.69, 9.17) is 27.9 Å². The fourth-order valence-electron chi connectivity index (χ4n) is 2.57. The van der Waals surface area contributed by atoms with Crippen LogP contribution in [0.3, 0.4) is 0 Å². The third-order valence-electron chi connectivity index (χ3n) is 3.66. The summed E-state index contributed by atoms with van der Waals surface area (Å²) >= 11 is 12.1. The highest BCUT2D eigenvalue weighted by molar-refractivity contribution is 6.31. The first-order valence-corrected chi connectivity index (χ1v) is 7.53. The van der Waals surface area contributed by atoms with Gasteiger partial charge in [0.1, 0.15) is 5.75 Å². The highest BCUT2D eigenvalue weighted by Gasteiger charge is 2.20. The average molecular weight is 321 g/mol. The van der Waals surface area contributed by atoms with Crippen LogP contribution in [0.4, 0.5) is 0 Å². The Labute approximate surface area is 133 Å². The molecule has 108 valence electrons. The summed E-state index contributed by atoms with van der Waals surface area (Å²) in [5.41, 5.74) is 3.49. The smallest absolute Gasteiger partial charge is 0.167 e. The molecule has 1 aliphatic rings. The largest absolute Gasteiger partial charge is 0.493 e. The predicted molar refractivity (Wildman–Crippen MR) is 84.9 cm³/mol. The molecule has 0 saturated carbocycles. The summed E-state index contributed by atoms with van der Waals surface area (Å²) in [6, 6.07) is 9.04. The van der Waals surface area contributed by atoms with Crippen molar-refractivity contribution in [2.75, 3.05) is 6.61 Å². The number of hydrogen-bond donors (Lipinski definition) is 0. The number of carbonyl (C=O) groups excluding carboxylic acids is 1. The Morgan fingerprint density at radius 1 is 1.24 bits per heavy atom. The number of carbonyl (C=O) groups is 1. The first-order chi connectivity index (χ1) is 10.0. The fraction of sp³-hybridized carbons (Fsp3) is 0.235. The monoisotopic (exact) mass is 320 g/mol. The maximum absolute atomic E-state index is 12.4. The van der Waals surface area contributed by atoms with Crippen LogP contribution in [0.25, 0.3) is 0 Å². The van der Waals surface area contributed by atoms with Crippen LogP contribution in [0.15, 0.2) is 30.3 Å². The summed E-state index contributed by atoms with van der Waals surface area (Å²) in [7, 11) is 0. The van der Waals surface area contributed by atoms with Gasteiger partial charge in [0.25, 0.3) is 0 Å². The molecule has 0 N–H and O–H groups in total. The van der Waals surface area contributed by atoms with E-state index in [0.717, 1.165) is 28.9 Å². The van der Waals surface area contributed by atoms with Gasteiger partial charge in [0, 0.05) is 34.0 Å². The van der Waals surface area contributed by atoms with Crippen LogP contribution in [-0.2, 0) is 12.8 Å². The second kappa shape index (κ2) is 5.70. The molecule has 0 aromatic heterocycles. The van der Waals surface area contributed by atoms with Gasteiger partial charge in [0.15, 0.2) is 5.78 Å². The molecule has 2 aromatic carbocycles. The van der Waals surface area contributed by atoms with Gasteiger partial charge in [-0.15, -0.1) is 0 Å². The molecule has 4 heteroatoms. The van der Waals surface area contributed by atoms with E-state index >= 15 is 0 Å². The molecule has 1 aliphatic heterocycles. The first-order valence-electron chi connectivity index (χ1n) is 6.78. The highest BCUT2D eigenvalue weighted by Crippen LogP contribution is 2.33. The Morgan fingerprint density at radius 2 is 2.05 bits per heavy atom. The molecule has 3 rings (SSSR count). The number of fused-ring (bicyclic) bond motifs is 1. The van der Waals surface area contributed by atoms with Gasteiger partial charge >= 0.3 is 0 Å². The van der Waals surface area contributed by atoms with Crippen molar-refractivity contribution in [2.24, 2.45) is 0 Å². The molecule has 0 unspecified atom stereocenters. The van der Waals surface area contributed by atoms with Crippen molar-refractivity contribution in [3.8, 4) is 5.75 Å². The summed E-state index contributed by atoms with van der Waals surface area (Å²) in [6.45, 7) is 2.54. The van der Waals surface area contributed by atoms with Gasteiger partial charge in [0.05, 0.1) is 6.61 Å². The Hall–Kier alpha value is -1.51. The molecule has 0 amide bonds. The summed E-state index contributed by atoms with van der Waals surface area (Å²) in [4.78, 5) is 12.4. The van der Waals surface area contributed by atoms with Crippen LogP contribution in [0, 0.1) is 6.92 Å². The van der Waals surface area contributed by atoms with Gasteiger partial charge in [-0.2, -0.15) is 0 Å². The van der Waals surface area contributed by atoms with Gasteiger partial charge in [-0.3, -0.25) is 4.79 Å². The Morgan fingerprint density at radius 3 is 2.81 bits per heavy atom. The molecule has 0 radical (unpaired) electrons. The third-order valence-corrected chi connectivity index (χ3v) is 4.30. The number of Topliss-reactive ketones (excluding diaryl/α,β-unsaturated/α-hetero) is 1. The van der Waals surface area contributed by atoms with Crippen molar-refractivity contribution in [1.82, 2.24) is 0 Å². The third kappa shape index (κ3) is 2.92. The Bertz CT molecular complexity index is 723. The molecular weight excluding hydrogens is 307 g/mol. The standard InChI is InChI=1S/C17H14Cl2O2/c1-10-6-11(2-3-15(10)19)16(20)9-13-8-14(18)7-12-4-5-21-17(12)13/h2-3,6-8H,4-5,9H2,1H3. The normalized spacial score (nSPS) is 12.9. The minimum Gasteiger partial charge on any atom is -0.493 e. The average Bonchev–Trinajstić information content (AvgIpc) is 2.90. The Balaban J connectivity index is 1.90. The molecule has 2 aromatic rings. The van der Waals surface area contributed by atoms with Crippen LogP contribution in [0.2, 0.25) is 10.0 Å². The van der Waals surface area contributed by atoms with Gasteiger partial charge < -0.3 is 4.74 Å². The van der Waals surface area contributed by atoms with Crippen molar-refractivity contribution in [3.63, 3.8) is 0 Å². The zero-order chi connectivity index (χ0) is 15.0. The summed E-state index contributed by atoms with van der Waals surface area (Å²) in [5, 5.41) is 1.31. The molecule has 0 spiro atoms. The van der Waals surface area contributed by atoms with E-state index in [1.54, 1.807) is 12.1 Å². The van der Waals surface area contributed by atoms with Crippen LogP contribution in [0.5, 0.6) is 5.75 Å². The van der Waals surface area contributed by atoms with Crippen LogP contribution in [0.1, 0.15) is 27.0 Å². The first kappa shape index (κ1) is 14.4. The quantitative estimate of drug-likeness (QED) is 0.769. The molecule has 1 heterocycles. The van der Waals surface area contributed by atoms with Gasteiger partial charge in [-0.25, -0.2) is 0 Å². The van der Waals surface area contributed by atoms with E-state index in [9.17, 15) is 4.79 Å². The van der Waals surface area contributed by atoms with Crippen molar-refractivity contribution >= 4 is 29.0 Å². The SMILES string of the molecule is Cc1cc(C(=O)Cc2cc(Cl)cc3c2OCC3)ccc1Cl. The number of ketones is 1. The number of aryl methyl sites for hydroxylation is 1. The van der Waals surface area contributed by atoms with E-state index < -0.39 is 0 Å². The van der Waals surface area contributed by atoms with Crippen molar-refractivity contribution < 1.29 is 9.53 Å². The summed E-state index contributed by atoms with van der Waals surface area (Å²) < 4.78 is 5.63. The number of ether oxygens (including phenoxy) is 1. The molecule has 2 nitrogen and oxygen atoms in total. The maximum atomic E-state index is 12.4. The summed E-state index contributed by atoms with van der Waals surface area (Å²) in [6.07, 6.45) is 1.13. The minimum absolute atomic E-state index is 0.0368. The lowest BCUT2D eigenvalue weighted by Crippen LogP contribution is -2.05. The van der Waals surface area contributed by atoms with Crippen molar-refractivity contribution in [3.05, 3.63) is 62.6 Å². The van der Waals surface area contributed by atoms with Gasteiger partial charge in [-0.1, -0.05) is 23.2 Å². The second-order valence-corrected chi connectivity index (χ2v) is 6.06. The lowest BCUT2D eigenvalue weighted by atomic mass is 9.99. The number of benzene rings is 2. The van der Waals surface area contributed by atoms with E-state index in [2.05, 4.69) is 0 Å². The second-order valence-electron chi connectivity index (χ2n) is 5.22. The topological polar surface area (TPSA) is 26.3 Å². The predicted octanol–water partition coefficient (Wildman–Crippen LogP) is 4.66. The van der Waals surface area contributed by atoms with E-state index in [1.807, 2.05) is 25.1 Å². The van der Waals surface area contributed by atoms with Gasteiger partial charge in [-0.05, 0) is 48.4 Å². The molecule has 21 heavy (non-hydrogen) atoms. The molecule has 0 bridgehead atoms. The summed E-state index contributed by atoms with van der Waals surface area (Å²) in [5.74, 6) is 0.855. The van der Waals surface area contributed by atoms with Crippen LogP contribution in [-0.4, -0.2) is 12.4 Å². The van der Waals surface area contributed by atoms with E-state index in [0.29, 0.717) is 22.2 Å². The minimum atomic E-state index is 0.0368. The number of rotatable bonds is 3. The number of hydrogen-bond acceptors (Lipinski definition) is 2. The fourth-order valence-corrected chi connectivity index (χ4v) is 2.95. The van der Waals surface area contributed by atoms with Crippen LogP contribution < -0.4 is 4.74 Å². The number of halogens is 2. The zero-order valence-corrected chi connectivity index (χ0v) is 13.1. The maximum Gasteiger partial charge on any atom is 0.167 e. The van der Waals surface area contributed by atoms with Crippen LogP contribution >= 0.6 is 23.2 Å². The molecule has 0 aliphatic carbocycles. The zero-order valence-electron chi connectivity index (χ0n) is 11.6. The lowest BCUT2D eigenvalue weighted by molar-refractivity contribution is 0.0992. The van der Waals surface area contributed by atoms with E-state index in [-0.39, 0.29) is 12.2 Å². The van der Waals surface area contributed by atoms with E-state index in [1.165, 1.54) is 0 Å². The lowest BCUT2D eigenvalue weighted by Gasteiger charge is -2.09. The molecule has 0 saturated heterocycles. The van der Waals surface area contributed by atoms with Gasteiger partial charge in [0.2, 0.25) is 0 Å². The molecular formula is C17H14Cl2O2. The Kier molecular flexibility index (Phi) is 3.92.